The second-order valence-electron chi connectivity index (χ2n) is 10.1. The van der Waals surface area contributed by atoms with E-state index in [1.54, 1.807) is 47.3 Å². The number of pyridine rings is 1. The van der Waals surface area contributed by atoms with E-state index >= 15 is 0 Å². The lowest BCUT2D eigenvalue weighted by Gasteiger charge is -2.16. The van der Waals surface area contributed by atoms with Crippen LogP contribution in [0.2, 0.25) is 0 Å². The van der Waals surface area contributed by atoms with E-state index < -0.39 is 33.8 Å². The van der Waals surface area contributed by atoms with Crippen molar-refractivity contribution in [2.24, 2.45) is 0 Å². The lowest BCUT2D eigenvalue weighted by molar-refractivity contribution is -0.137. The summed E-state index contributed by atoms with van der Waals surface area (Å²) in [6.07, 6.45) is 3.24. The minimum Gasteiger partial charge on any atom is -0.481 e. The van der Waals surface area contributed by atoms with Gasteiger partial charge in [0.15, 0.2) is 0 Å². The number of carbonyl (C=O) groups is 3. The number of amides is 2. The maximum atomic E-state index is 13.2. The number of rotatable bonds is 13. The van der Waals surface area contributed by atoms with Crippen molar-refractivity contribution in [3.63, 3.8) is 0 Å². The van der Waals surface area contributed by atoms with Crippen molar-refractivity contribution in [2.75, 3.05) is 0 Å². The number of aliphatic carboxylic acids is 1. The molecule has 12 heteroatoms. The summed E-state index contributed by atoms with van der Waals surface area (Å²) < 4.78 is 29.1. The molecule has 4 aromatic rings. The molecule has 2 heterocycles. The summed E-state index contributed by atoms with van der Waals surface area (Å²) in [5.41, 5.74) is 3.46. The van der Waals surface area contributed by atoms with Gasteiger partial charge < -0.3 is 10.4 Å². The Kier molecular flexibility index (Phi) is 10.0. The van der Waals surface area contributed by atoms with Gasteiger partial charge in [0.05, 0.1) is 23.6 Å². The van der Waals surface area contributed by atoms with Crippen LogP contribution < -0.4 is 10.0 Å². The molecule has 2 aromatic heterocycles. The molecule has 0 bridgehead atoms. The lowest BCUT2D eigenvalue weighted by atomic mass is 10.0. The molecule has 0 radical (unpaired) electrons. The molecule has 0 spiro atoms. The Morgan fingerprint density at radius 3 is 2.35 bits per heavy atom. The zero-order valence-corrected chi connectivity index (χ0v) is 24.7. The molecule has 2 aromatic carbocycles. The summed E-state index contributed by atoms with van der Waals surface area (Å²) in [5, 5.41) is 16.7. The molecule has 2 amide bonds. The summed E-state index contributed by atoms with van der Waals surface area (Å²) in [4.78, 5) is 40.5. The number of aryl methyl sites for hydroxylation is 1. The summed E-state index contributed by atoms with van der Waals surface area (Å²) in [6.45, 7) is 3.45. The fourth-order valence-electron chi connectivity index (χ4n) is 4.71. The Balaban J connectivity index is 1.53. The van der Waals surface area contributed by atoms with Gasteiger partial charge in [0.1, 0.15) is 5.69 Å². The predicted octanol–water partition coefficient (Wildman–Crippen LogP) is 3.59. The molecule has 11 nitrogen and oxygen atoms in total. The maximum Gasteiger partial charge on any atom is 0.305 e. The number of carboxylic acids is 1. The van der Waals surface area contributed by atoms with E-state index in [4.69, 9.17) is 0 Å². The number of hydrogen-bond acceptors (Lipinski definition) is 7. The second-order valence-corrected chi connectivity index (χ2v) is 11.7. The van der Waals surface area contributed by atoms with Crippen molar-refractivity contribution in [2.45, 2.75) is 57.0 Å². The maximum absolute atomic E-state index is 13.2. The van der Waals surface area contributed by atoms with E-state index in [0.717, 1.165) is 30.2 Å². The number of nitrogens with zero attached hydrogens (tertiary/aromatic N) is 3. The van der Waals surface area contributed by atoms with Crippen LogP contribution in [0.4, 0.5) is 0 Å². The van der Waals surface area contributed by atoms with Crippen LogP contribution in [-0.4, -0.2) is 52.1 Å². The van der Waals surface area contributed by atoms with Gasteiger partial charge in [-0.15, -0.1) is 0 Å². The van der Waals surface area contributed by atoms with Gasteiger partial charge in [0.2, 0.25) is 5.91 Å². The van der Waals surface area contributed by atoms with Crippen LogP contribution in [0, 0.1) is 0 Å². The summed E-state index contributed by atoms with van der Waals surface area (Å²) >= 11 is 0. The van der Waals surface area contributed by atoms with Crippen molar-refractivity contribution in [3.8, 4) is 11.3 Å². The third-order valence-electron chi connectivity index (χ3n) is 6.57. The molecule has 3 N–H and O–H groups in total. The molecule has 0 aliphatic heterocycles. The van der Waals surface area contributed by atoms with Gasteiger partial charge in [-0.2, -0.15) is 5.10 Å². The van der Waals surface area contributed by atoms with E-state index in [1.807, 2.05) is 42.0 Å². The van der Waals surface area contributed by atoms with Gasteiger partial charge in [-0.25, -0.2) is 13.1 Å². The smallest absolute Gasteiger partial charge is 0.305 e. The predicted molar refractivity (Wildman–Crippen MR) is 160 cm³/mol. The normalized spacial score (nSPS) is 12.0. The highest BCUT2D eigenvalue weighted by Gasteiger charge is 2.22. The number of sulfonamides is 1. The largest absolute Gasteiger partial charge is 0.481 e. The SMILES string of the molecule is CCCc1cc(C(=O)N[C@@H](CC(=O)O)Cc2ccccc2)nn1Cc1ccc(-c2ccccc2S(=O)(=O)NC(C)=O)nc1. The number of aromatic nitrogens is 3. The van der Waals surface area contributed by atoms with Gasteiger partial charge in [-0.3, -0.25) is 24.0 Å². The van der Waals surface area contributed by atoms with Crippen LogP contribution in [-0.2, 0) is 39.0 Å². The van der Waals surface area contributed by atoms with E-state index in [-0.39, 0.29) is 17.0 Å². The minimum atomic E-state index is -4.07. The van der Waals surface area contributed by atoms with Gasteiger partial charge >= 0.3 is 5.97 Å². The second kappa shape index (κ2) is 13.9. The highest BCUT2D eigenvalue weighted by atomic mass is 32.2. The fraction of sp³-hybridized carbons (Fsp3) is 0.258. The average molecular weight is 604 g/mol. The molecular formula is C31H33N5O6S. The van der Waals surface area contributed by atoms with Crippen LogP contribution in [0.1, 0.15) is 54.0 Å². The first kappa shape index (κ1) is 31.1. The van der Waals surface area contributed by atoms with Crippen LogP contribution in [0.5, 0.6) is 0 Å². The molecule has 0 fully saturated rings. The quantitative estimate of drug-likeness (QED) is 0.209. The number of carboxylic acid groups (broad SMARTS) is 1. The third-order valence-corrected chi connectivity index (χ3v) is 8.06. The molecule has 0 aliphatic rings. The standard InChI is InChI=1S/C31H33N5O6S/c1-3-9-25-18-28(31(40)33-24(17-30(38)39)16-22-10-5-4-6-11-22)34-36(25)20-23-14-15-27(32-19-23)26-12-7-8-13-29(26)43(41,42)35-21(2)37/h4-8,10-15,18-19,24H,3,9,16-17,20H2,1-2H3,(H,33,40)(H,35,37)(H,38,39)/t24-/m1/s1. The molecule has 0 unspecified atom stereocenters. The molecule has 1 atom stereocenters. The van der Waals surface area contributed by atoms with Gasteiger partial charge in [0, 0.05) is 30.4 Å². The third kappa shape index (κ3) is 8.35. The molecule has 0 saturated heterocycles. The number of nitrogens with one attached hydrogen (secondary N) is 2. The van der Waals surface area contributed by atoms with E-state index in [0.29, 0.717) is 30.6 Å². The van der Waals surface area contributed by atoms with Crippen LogP contribution in [0.3, 0.4) is 0 Å². The van der Waals surface area contributed by atoms with Crippen molar-refractivity contribution in [1.29, 1.82) is 0 Å². The van der Waals surface area contributed by atoms with Crippen molar-refractivity contribution in [1.82, 2.24) is 24.8 Å². The Morgan fingerprint density at radius 1 is 0.977 bits per heavy atom. The Bertz CT molecular complexity index is 1700. The summed E-state index contributed by atoms with van der Waals surface area (Å²) in [6, 6.07) is 20.2. The highest BCUT2D eigenvalue weighted by Crippen LogP contribution is 2.26. The lowest BCUT2D eigenvalue weighted by Crippen LogP contribution is -2.38. The fourth-order valence-corrected chi connectivity index (χ4v) is 5.92. The zero-order chi connectivity index (χ0) is 31.0. The molecule has 224 valence electrons. The molecule has 43 heavy (non-hydrogen) atoms. The average Bonchev–Trinajstić information content (AvgIpc) is 3.35. The molecule has 4 rings (SSSR count). The number of benzene rings is 2. The van der Waals surface area contributed by atoms with Crippen LogP contribution in [0.15, 0.2) is 83.9 Å². The van der Waals surface area contributed by atoms with E-state index in [9.17, 15) is 27.9 Å². The first-order valence-electron chi connectivity index (χ1n) is 13.8. The molecule has 0 saturated carbocycles. The van der Waals surface area contributed by atoms with E-state index in [1.165, 1.54) is 6.07 Å². The number of hydrogen-bond donors (Lipinski definition) is 3. The Labute approximate surface area is 250 Å². The van der Waals surface area contributed by atoms with Crippen molar-refractivity contribution in [3.05, 3.63) is 102 Å². The van der Waals surface area contributed by atoms with Gasteiger partial charge in [-0.1, -0.05) is 67.9 Å². The van der Waals surface area contributed by atoms with Gasteiger partial charge in [-0.05, 0) is 42.2 Å². The Morgan fingerprint density at radius 2 is 1.70 bits per heavy atom. The summed E-state index contributed by atoms with van der Waals surface area (Å²) in [5.74, 6) is -2.16. The first-order valence-corrected chi connectivity index (χ1v) is 15.2. The Hall–Kier alpha value is -4.84. The minimum absolute atomic E-state index is 0.0631. The van der Waals surface area contributed by atoms with Crippen LogP contribution in [0.25, 0.3) is 11.3 Å². The topological polar surface area (TPSA) is 160 Å². The molecular weight excluding hydrogens is 570 g/mol. The monoisotopic (exact) mass is 603 g/mol. The zero-order valence-electron chi connectivity index (χ0n) is 23.9. The molecule has 0 aliphatic carbocycles. The van der Waals surface area contributed by atoms with Gasteiger partial charge in [0.25, 0.3) is 15.9 Å². The van der Waals surface area contributed by atoms with Crippen molar-refractivity contribution < 1.29 is 27.9 Å². The first-order chi connectivity index (χ1) is 20.6. The number of carbonyl (C=O) groups excluding carboxylic acids is 2. The van der Waals surface area contributed by atoms with E-state index in [2.05, 4.69) is 15.4 Å². The van der Waals surface area contributed by atoms with Crippen molar-refractivity contribution >= 4 is 27.8 Å². The summed E-state index contributed by atoms with van der Waals surface area (Å²) in [7, 11) is -4.07. The highest BCUT2D eigenvalue weighted by molar-refractivity contribution is 7.90. The van der Waals surface area contributed by atoms with Crippen LogP contribution >= 0.6 is 0 Å².